The molecule has 1 aromatic rings. The molecular weight excluding hydrogens is 210 g/mol. The van der Waals surface area contributed by atoms with E-state index in [4.69, 9.17) is 0 Å². The van der Waals surface area contributed by atoms with E-state index in [-0.39, 0.29) is 0 Å². The minimum Gasteiger partial charge on any atom is -0.211 e. The van der Waals surface area contributed by atoms with Crippen LogP contribution in [0.2, 0.25) is 0 Å². The molecule has 0 fully saturated rings. The SMILES string of the molecule is CCCNS(=O)(=O)c1c(C)cccc1C. The molecule has 0 saturated heterocycles. The van der Waals surface area contributed by atoms with Gasteiger partial charge in [-0.05, 0) is 31.4 Å². The molecule has 1 rings (SSSR count). The van der Waals surface area contributed by atoms with Gasteiger partial charge in [-0.1, -0.05) is 25.1 Å². The number of aryl methyl sites for hydroxylation is 2. The quantitative estimate of drug-likeness (QED) is 0.855. The number of hydrogen-bond acceptors (Lipinski definition) is 2. The molecule has 0 heterocycles. The van der Waals surface area contributed by atoms with Gasteiger partial charge in [-0.2, -0.15) is 0 Å². The van der Waals surface area contributed by atoms with Crippen molar-refractivity contribution < 1.29 is 8.42 Å². The van der Waals surface area contributed by atoms with E-state index in [1.807, 2.05) is 39.0 Å². The van der Waals surface area contributed by atoms with Crippen LogP contribution in [-0.4, -0.2) is 15.0 Å². The highest BCUT2D eigenvalue weighted by molar-refractivity contribution is 7.89. The highest BCUT2D eigenvalue weighted by atomic mass is 32.2. The number of sulfonamides is 1. The van der Waals surface area contributed by atoms with Crippen LogP contribution in [0.25, 0.3) is 0 Å². The molecule has 84 valence electrons. The largest absolute Gasteiger partial charge is 0.241 e. The molecule has 1 aromatic carbocycles. The van der Waals surface area contributed by atoms with E-state index >= 15 is 0 Å². The van der Waals surface area contributed by atoms with Crippen LogP contribution in [0.3, 0.4) is 0 Å². The summed E-state index contributed by atoms with van der Waals surface area (Å²) in [6, 6.07) is 5.49. The van der Waals surface area contributed by atoms with E-state index in [0.29, 0.717) is 11.4 Å². The topological polar surface area (TPSA) is 46.2 Å². The van der Waals surface area contributed by atoms with Crippen molar-refractivity contribution >= 4 is 10.0 Å². The Bertz CT molecular complexity index is 418. The maximum Gasteiger partial charge on any atom is 0.241 e. The number of hydrogen-bond donors (Lipinski definition) is 1. The summed E-state index contributed by atoms with van der Waals surface area (Å²) in [5.74, 6) is 0. The Labute approximate surface area is 91.6 Å². The Kier molecular flexibility index (Phi) is 3.88. The first kappa shape index (κ1) is 12.2. The molecular formula is C11H17NO2S. The first-order valence-corrected chi connectivity index (χ1v) is 6.53. The van der Waals surface area contributed by atoms with Gasteiger partial charge in [0, 0.05) is 6.54 Å². The lowest BCUT2D eigenvalue weighted by Crippen LogP contribution is -2.25. The third-order valence-electron chi connectivity index (χ3n) is 2.22. The summed E-state index contributed by atoms with van der Waals surface area (Å²) in [4.78, 5) is 0.415. The van der Waals surface area contributed by atoms with Gasteiger partial charge < -0.3 is 0 Å². The minimum atomic E-state index is -3.33. The highest BCUT2D eigenvalue weighted by Crippen LogP contribution is 2.18. The summed E-state index contributed by atoms with van der Waals surface area (Å²) in [7, 11) is -3.33. The number of nitrogens with one attached hydrogen (secondary N) is 1. The third kappa shape index (κ3) is 2.79. The summed E-state index contributed by atoms with van der Waals surface area (Å²) in [6.07, 6.45) is 0.796. The molecule has 0 saturated carbocycles. The van der Waals surface area contributed by atoms with Crippen LogP contribution in [0.5, 0.6) is 0 Å². The van der Waals surface area contributed by atoms with Crippen LogP contribution in [0.1, 0.15) is 24.5 Å². The summed E-state index contributed by atoms with van der Waals surface area (Å²) in [6.45, 7) is 6.05. The molecule has 0 radical (unpaired) electrons. The molecule has 0 aliphatic rings. The van der Waals surface area contributed by atoms with Gasteiger partial charge in [0.1, 0.15) is 0 Å². The van der Waals surface area contributed by atoms with E-state index in [0.717, 1.165) is 17.5 Å². The summed E-state index contributed by atoms with van der Waals surface area (Å²) in [5.41, 5.74) is 1.58. The van der Waals surface area contributed by atoms with Gasteiger partial charge in [-0.25, -0.2) is 13.1 Å². The van der Waals surface area contributed by atoms with Crippen molar-refractivity contribution in [1.82, 2.24) is 4.72 Å². The van der Waals surface area contributed by atoms with Gasteiger partial charge in [0.25, 0.3) is 0 Å². The summed E-state index contributed by atoms with van der Waals surface area (Å²) < 4.78 is 26.4. The first-order valence-electron chi connectivity index (χ1n) is 5.05. The number of rotatable bonds is 4. The zero-order chi connectivity index (χ0) is 11.5. The fourth-order valence-electron chi connectivity index (χ4n) is 1.53. The maximum absolute atomic E-state index is 11.9. The predicted molar refractivity (Wildman–Crippen MR) is 61.4 cm³/mol. The zero-order valence-electron chi connectivity index (χ0n) is 9.37. The van der Waals surface area contributed by atoms with Gasteiger partial charge in [0.05, 0.1) is 4.90 Å². The smallest absolute Gasteiger partial charge is 0.211 e. The van der Waals surface area contributed by atoms with Crippen molar-refractivity contribution in [3.05, 3.63) is 29.3 Å². The Balaban J connectivity index is 3.15. The Hall–Kier alpha value is -0.870. The summed E-state index contributed by atoms with van der Waals surface area (Å²) in [5, 5.41) is 0. The lowest BCUT2D eigenvalue weighted by atomic mass is 10.2. The molecule has 1 N–H and O–H groups in total. The second-order valence-corrected chi connectivity index (χ2v) is 5.32. The van der Waals surface area contributed by atoms with Gasteiger partial charge in [0.15, 0.2) is 0 Å². The molecule has 0 spiro atoms. The van der Waals surface area contributed by atoms with Gasteiger partial charge in [-0.15, -0.1) is 0 Å². The maximum atomic E-state index is 11.9. The van der Waals surface area contributed by atoms with Crippen LogP contribution in [0.4, 0.5) is 0 Å². The van der Waals surface area contributed by atoms with Crippen LogP contribution >= 0.6 is 0 Å². The Morgan fingerprint density at radius 1 is 1.20 bits per heavy atom. The molecule has 0 bridgehead atoms. The molecule has 4 heteroatoms. The fraction of sp³-hybridized carbons (Fsp3) is 0.455. The average Bonchev–Trinajstić information content (AvgIpc) is 2.14. The second kappa shape index (κ2) is 4.77. The Morgan fingerprint density at radius 3 is 2.20 bits per heavy atom. The highest BCUT2D eigenvalue weighted by Gasteiger charge is 2.17. The molecule has 0 aromatic heterocycles. The monoisotopic (exact) mass is 227 g/mol. The minimum absolute atomic E-state index is 0.415. The van der Waals surface area contributed by atoms with Crippen molar-refractivity contribution in [3.8, 4) is 0 Å². The predicted octanol–water partition coefficient (Wildman–Crippen LogP) is 1.99. The van der Waals surface area contributed by atoms with E-state index in [9.17, 15) is 8.42 Å². The second-order valence-electron chi connectivity index (χ2n) is 3.62. The summed E-state index contributed by atoms with van der Waals surface area (Å²) >= 11 is 0. The van der Waals surface area contributed by atoms with Crippen molar-refractivity contribution in [2.45, 2.75) is 32.1 Å². The molecule has 15 heavy (non-hydrogen) atoms. The third-order valence-corrected chi connectivity index (χ3v) is 3.99. The van der Waals surface area contributed by atoms with Crippen molar-refractivity contribution in [3.63, 3.8) is 0 Å². The normalized spacial score (nSPS) is 11.7. The molecule has 3 nitrogen and oxygen atoms in total. The van der Waals surface area contributed by atoms with Gasteiger partial charge in [-0.3, -0.25) is 0 Å². The first-order chi connectivity index (χ1) is 6.99. The van der Waals surface area contributed by atoms with Gasteiger partial charge in [0.2, 0.25) is 10.0 Å². The molecule has 0 aliphatic heterocycles. The van der Waals surface area contributed by atoms with Crippen LogP contribution in [0.15, 0.2) is 23.1 Å². The Morgan fingerprint density at radius 2 is 1.73 bits per heavy atom. The van der Waals surface area contributed by atoms with Crippen LogP contribution < -0.4 is 4.72 Å². The molecule has 0 aliphatic carbocycles. The van der Waals surface area contributed by atoms with Crippen LogP contribution in [-0.2, 0) is 10.0 Å². The molecule has 0 unspecified atom stereocenters. The van der Waals surface area contributed by atoms with Crippen molar-refractivity contribution in [2.24, 2.45) is 0 Å². The van der Waals surface area contributed by atoms with Crippen molar-refractivity contribution in [1.29, 1.82) is 0 Å². The van der Waals surface area contributed by atoms with Gasteiger partial charge >= 0.3 is 0 Å². The molecule has 0 atom stereocenters. The van der Waals surface area contributed by atoms with E-state index < -0.39 is 10.0 Å². The lowest BCUT2D eigenvalue weighted by Gasteiger charge is -2.11. The standard InChI is InChI=1S/C11H17NO2S/c1-4-8-12-15(13,14)11-9(2)6-5-7-10(11)3/h5-7,12H,4,8H2,1-3H3. The van der Waals surface area contributed by atoms with E-state index in [1.54, 1.807) is 0 Å². The number of benzene rings is 1. The fourth-order valence-corrected chi connectivity index (χ4v) is 3.13. The van der Waals surface area contributed by atoms with E-state index in [2.05, 4.69) is 4.72 Å². The lowest BCUT2D eigenvalue weighted by molar-refractivity contribution is 0.579. The average molecular weight is 227 g/mol. The van der Waals surface area contributed by atoms with E-state index in [1.165, 1.54) is 0 Å². The molecule has 0 amide bonds. The van der Waals surface area contributed by atoms with Crippen LogP contribution in [0, 0.1) is 13.8 Å². The zero-order valence-corrected chi connectivity index (χ0v) is 10.2. The van der Waals surface area contributed by atoms with Crippen molar-refractivity contribution in [2.75, 3.05) is 6.54 Å².